The molecule has 3 rings (SSSR count). The van der Waals surface area contributed by atoms with Crippen LogP contribution in [0.15, 0.2) is 30.3 Å². The fourth-order valence-electron chi connectivity index (χ4n) is 2.61. The van der Waals surface area contributed by atoms with Crippen molar-refractivity contribution in [3.63, 3.8) is 0 Å². The van der Waals surface area contributed by atoms with E-state index in [2.05, 4.69) is 32.6 Å². The number of hydrogen-bond donors (Lipinski definition) is 1. The van der Waals surface area contributed by atoms with Crippen molar-refractivity contribution in [1.82, 2.24) is 9.97 Å². The molecule has 0 amide bonds. The van der Waals surface area contributed by atoms with Gasteiger partial charge in [0.25, 0.3) is 6.01 Å². The van der Waals surface area contributed by atoms with Crippen molar-refractivity contribution in [2.24, 2.45) is 0 Å². The summed E-state index contributed by atoms with van der Waals surface area (Å²) in [4.78, 5) is 7.51. The van der Waals surface area contributed by atoms with Crippen molar-refractivity contribution in [3.8, 4) is 11.8 Å². The number of benzene rings is 2. The molecule has 0 unspecified atom stereocenters. The highest BCUT2D eigenvalue weighted by atomic mass is 127. The minimum absolute atomic E-state index is 0.283. The van der Waals surface area contributed by atoms with Crippen molar-refractivity contribution in [2.75, 3.05) is 13.2 Å². The zero-order valence-electron chi connectivity index (χ0n) is 15.1. The lowest BCUT2D eigenvalue weighted by Crippen LogP contribution is -2.14. The molecular weight excluding hydrogens is 502 g/mol. The second-order valence-electron chi connectivity index (χ2n) is 5.71. The summed E-state index contributed by atoms with van der Waals surface area (Å²) < 4.78 is 30.8. The summed E-state index contributed by atoms with van der Waals surface area (Å²) in [6.07, 6.45) is 0. The van der Waals surface area contributed by atoms with E-state index in [-0.39, 0.29) is 13.2 Å². The van der Waals surface area contributed by atoms with Gasteiger partial charge in [-0.3, -0.25) is 4.57 Å². The maximum absolute atomic E-state index is 13.1. The van der Waals surface area contributed by atoms with Crippen LogP contribution in [0.3, 0.4) is 0 Å². The largest absolute Gasteiger partial charge is 0.426 e. The summed E-state index contributed by atoms with van der Waals surface area (Å²) in [5.41, 5.74) is 2.33. The molecule has 144 valence electrons. The predicted octanol–water partition coefficient (Wildman–Crippen LogP) is 5.81. The van der Waals surface area contributed by atoms with E-state index in [9.17, 15) is 4.57 Å². The maximum atomic E-state index is 13.1. The highest BCUT2D eigenvalue weighted by Crippen LogP contribution is 2.48. The third-order valence-corrected chi connectivity index (χ3v) is 7.58. The molecule has 0 spiro atoms. The Hall–Kier alpha value is -1.12. The van der Waals surface area contributed by atoms with E-state index in [1.165, 1.54) is 0 Å². The van der Waals surface area contributed by atoms with E-state index in [0.717, 1.165) is 20.2 Å². The molecule has 0 aliphatic carbocycles. The number of imidazole rings is 1. The van der Waals surface area contributed by atoms with Crippen molar-refractivity contribution < 1.29 is 18.3 Å². The van der Waals surface area contributed by atoms with E-state index < -0.39 is 7.60 Å². The van der Waals surface area contributed by atoms with Crippen molar-refractivity contribution in [3.05, 3.63) is 44.5 Å². The number of ether oxygens (including phenoxy) is 1. The predicted molar refractivity (Wildman–Crippen MR) is 116 cm³/mol. The second-order valence-corrected chi connectivity index (χ2v) is 9.27. The fraction of sp³-hybridized carbons (Fsp3) is 0.278. The lowest BCUT2D eigenvalue weighted by Gasteiger charge is -2.19. The van der Waals surface area contributed by atoms with Crippen LogP contribution < -0.4 is 10.0 Å². The monoisotopic (exact) mass is 520 g/mol. The topological polar surface area (TPSA) is 73.4 Å². The number of aromatic nitrogens is 2. The van der Waals surface area contributed by atoms with Gasteiger partial charge in [0, 0.05) is 3.57 Å². The molecular formula is C18H19ClIN2O4P. The highest BCUT2D eigenvalue weighted by Gasteiger charge is 2.29. The minimum atomic E-state index is -3.41. The van der Waals surface area contributed by atoms with Crippen molar-refractivity contribution >= 4 is 58.1 Å². The Morgan fingerprint density at radius 3 is 2.56 bits per heavy atom. The summed E-state index contributed by atoms with van der Waals surface area (Å²) in [5, 5.41) is 1.13. The Morgan fingerprint density at radius 1 is 1.19 bits per heavy atom. The first-order valence-corrected chi connectivity index (χ1v) is 11.4. The number of aromatic amines is 1. The number of H-pyrrole nitrogens is 1. The molecule has 0 bridgehead atoms. The average molecular weight is 521 g/mol. The SMILES string of the molecule is CCOP(=O)(OCC)c1cc(Oc2nc3cc(I)c(Cl)cc3[nH]2)ccc1C. The van der Waals surface area contributed by atoms with Crippen LogP contribution in [-0.2, 0) is 13.6 Å². The van der Waals surface area contributed by atoms with Gasteiger partial charge in [0.2, 0.25) is 0 Å². The van der Waals surface area contributed by atoms with Gasteiger partial charge in [0.1, 0.15) is 5.75 Å². The number of fused-ring (bicyclic) bond motifs is 1. The van der Waals surface area contributed by atoms with Crippen LogP contribution in [-0.4, -0.2) is 23.2 Å². The molecule has 0 radical (unpaired) electrons. The Labute approximate surface area is 176 Å². The fourth-order valence-corrected chi connectivity index (χ4v) is 5.04. The van der Waals surface area contributed by atoms with E-state index in [4.69, 9.17) is 25.4 Å². The number of hydrogen-bond acceptors (Lipinski definition) is 5. The summed E-state index contributed by atoms with van der Waals surface area (Å²) in [6, 6.07) is 9.27. The molecule has 0 atom stereocenters. The van der Waals surface area contributed by atoms with Crippen LogP contribution in [0, 0.1) is 10.5 Å². The number of rotatable bonds is 7. The molecule has 9 heteroatoms. The van der Waals surface area contributed by atoms with Gasteiger partial charge < -0.3 is 18.8 Å². The number of aryl methyl sites for hydroxylation is 1. The molecule has 1 N–H and O–H groups in total. The molecule has 1 heterocycles. The third-order valence-electron chi connectivity index (χ3n) is 3.79. The summed E-state index contributed by atoms with van der Waals surface area (Å²) in [7, 11) is -3.41. The second kappa shape index (κ2) is 8.49. The first-order chi connectivity index (χ1) is 12.9. The molecule has 3 aromatic rings. The van der Waals surface area contributed by atoms with Crippen LogP contribution in [0.4, 0.5) is 0 Å². The Morgan fingerprint density at radius 2 is 1.89 bits per heavy atom. The number of nitrogens with zero attached hydrogens (tertiary/aromatic N) is 1. The molecule has 6 nitrogen and oxygen atoms in total. The van der Waals surface area contributed by atoms with Gasteiger partial charge >= 0.3 is 7.60 Å². The molecule has 0 saturated carbocycles. The van der Waals surface area contributed by atoms with E-state index in [0.29, 0.717) is 22.1 Å². The van der Waals surface area contributed by atoms with Crippen LogP contribution in [0.1, 0.15) is 19.4 Å². The third kappa shape index (κ3) is 4.49. The van der Waals surface area contributed by atoms with Gasteiger partial charge in [-0.2, -0.15) is 4.98 Å². The molecule has 0 aliphatic heterocycles. The zero-order valence-corrected chi connectivity index (χ0v) is 18.9. The van der Waals surface area contributed by atoms with E-state index >= 15 is 0 Å². The van der Waals surface area contributed by atoms with Crippen LogP contribution in [0.25, 0.3) is 11.0 Å². The van der Waals surface area contributed by atoms with Gasteiger partial charge in [0.05, 0.1) is 34.6 Å². The first kappa shape index (κ1) is 20.6. The van der Waals surface area contributed by atoms with Gasteiger partial charge in [-0.15, -0.1) is 0 Å². The molecule has 27 heavy (non-hydrogen) atoms. The lowest BCUT2D eigenvalue weighted by molar-refractivity contribution is 0.229. The maximum Gasteiger partial charge on any atom is 0.361 e. The Kier molecular flexibility index (Phi) is 6.48. The smallest absolute Gasteiger partial charge is 0.361 e. The van der Waals surface area contributed by atoms with Gasteiger partial charge in [0.15, 0.2) is 0 Å². The van der Waals surface area contributed by atoms with Crippen LogP contribution >= 0.6 is 41.8 Å². The van der Waals surface area contributed by atoms with E-state index in [1.54, 1.807) is 32.0 Å². The van der Waals surface area contributed by atoms with Gasteiger partial charge in [-0.1, -0.05) is 17.7 Å². The summed E-state index contributed by atoms with van der Waals surface area (Å²) in [6.45, 7) is 5.98. The minimum Gasteiger partial charge on any atom is -0.426 e. The highest BCUT2D eigenvalue weighted by molar-refractivity contribution is 14.1. The molecule has 0 saturated heterocycles. The average Bonchev–Trinajstić information content (AvgIpc) is 2.98. The molecule has 0 aliphatic rings. The standard InChI is InChI=1S/C18H19ClIN2O4P/c1-4-24-27(23,25-5-2)17-8-12(7-6-11(17)3)26-18-21-15-9-13(19)14(20)10-16(15)22-18/h6-10H,4-5H2,1-3H3,(H,21,22). The first-order valence-electron chi connectivity index (χ1n) is 8.39. The Balaban J connectivity index is 1.95. The summed E-state index contributed by atoms with van der Waals surface area (Å²) in [5.74, 6) is 0.482. The van der Waals surface area contributed by atoms with Crippen molar-refractivity contribution in [1.29, 1.82) is 0 Å². The number of halogens is 2. The molecule has 2 aromatic carbocycles. The zero-order chi connectivity index (χ0) is 19.6. The van der Waals surface area contributed by atoms with Crippen molar-refractivity contribution in [2.45, 2.75) is 20.8 Å². The van der Waals surface area contributed by atoms with Gasteiger partial charge in [-0.25, -0.2) is 0 Å². The van der Waals surface area contributed by atoms with E-state index in [1.807, 2.05) is 19.1 Å². The van der Waals surface area contributed by atoms with Gasteiger partial charge in [-0.05, 0) is 73.2 Å². The Bertz CT molecular complexity index is 975. The normalized spacial score (nSPS) is 11.9. The number of nitrogens with one attached hydrogen (secondary N) is 1. The van der Waals surface area contributed by atoms with Crippen LogP contribution in [0.5, 0.6) is 11.8 Å². The summed E-state index contributed by atoms with van der Waals surface area (Å²) >= 11 is 8.30. The molecule has 0 fully saturated rings. The molecule has 1 aromatic heterocycles. The van der Waals surface area contributed by atoms with Crippen LogP contribution in [0.2, 0.25) is 5.02 Å². The quantitative estimate of drug-likeness (QED) is 0.314. The lowest BCUT2D eigenvalue weighted by atomic mass is 10.2.